The van der Waals surface area contributed by atoms with Gasteiger partial charge in [0.05, 0.1) is 0 Å². The minimum absolute atomic E-state index is 0.342. The molecule has 1 aromatic heterocycles. The molecule has 2 rings (SSSR count). The molecular weight excluding hydrogens is 289 g/mol. The van der Waals surface area contributed by atoms with Crippen LogP contribution in [0.3, 0.4) is 0 Å². The normalized spacial score (nSPS) is 10.7. The molecule has 0 saturated heterocycles. The summed E-state index contributed by atoms with van der Waals surface area (Å²) < 4.78 is 13.5. The molecule has 5 heteroatoms. The van der Waals surface area contributed by atoms with E-state index < -0.39 is 0 Å². The van der Waals surface area contributed by atoms with E-state index in [2.05, 4.69) is 29.1 Å². The lowest BCUT2D eigenvalue weighted by Crippen LogP contribution is -2.09. The number of rotatable bonds is 5. The van der Waals surface area contributed by atoms with Gasteiger partial charge in [-0.15, -0.1) is 0 Å². The van der Waals surface area contributed by atoms with Crippen LogP contribution in [-0.4, -0.2) is 16.5 Å². The Morgan fingerprint density at radius 1 is 1.19 bits per heavy atom. The second-order valence-electron chi connectivity index (χ2n) is 4.90. The first kappa shape index (κ1) is 15.7. The van der Waals surface area contributed by atoms with Crippen molar-refractivity contribution in [3.63, 3.8) is 0 Å². The molecule has 0 atom stereocenters. The van der Waals surface area contributed by atoms with Crippen molar-refractivity contribution in [3.8, 4) is 11.4 Å². The third kappa shape index (κ3) is 3.70. The van der Waals surface area contributed by atoms with Crippen molar-refractivity contribution in [3.05, 3.63) is 40.3 Å². The summed E-state index contributed by atoms with van der Waals surface area (Å²) in [7, 11) is 0. The highest BCUT2D eigenvalue weighted by molar-refractivity contribution is 6.30. The maximum Gasteiger partial charge on any atom is 0.161 e. The summed E-state index contributed by atoms with van der Waals surface area (Å²) in [6.07, 6.45) is 1.86. The smallest absolute Gasteiger partial charge is 0.161 e. The number of aromatic nitrogens is 2. The molecule has 1 N–H and O–H groups in total. The van der Waals surface area contributed by atoms with Crippen LogP contribution in [-0.2, 0) is 6.42 Å². The number of nitrogens with zero attached hydrogens (tertiary/aromatic N) is 2. The first-order chi connectivity index (χ1) is 10.0. The van der Waals surface area contributed by atoms with Crippen LogP contribution in [0.5, 0.6) is 0 Å². The second-order valence-corrected chi connectivity index (χ2v) is 5.33. The van der Waals surface area contributed by atoms with E-state index in [-0.39, 0.29) is 5.82 Å². The minimum atomic E-state index is -0.388. The highest BCUT2D eigenvalue weighted by Crippen LogP contribution is 2.25. The second kappa shape index (κ2) is 6.85. The summed E-state index contributed by atoms with van der Waals surface area (Å²) in [5.74, 6) is 0.924. The van der Waals surface area contributed by atoms with Crippen LogP contribution < -0.4 is 5.32 Å². The summed E-state index contributed by atoms with van der Waals surface area (Å²) >= 11 is 5.91. The Morgan fingerprint density at radius 3 is 2.57 bits per heavy atom. The average molecular weight is 308 g/mol. The van der Waals surface area contributed by atoms with Gasteiger partial charge >= 0.3 is 0 Å². The molecular formula is C16H19ClFN3. The van der Waals surface area contributed by atoms with Gasteiger partial charge in [0.15, 0.2) is 5.82 Å². The van der Waals surface area contributed by atoms with E-state index in [0.717, 1.165) is 36.5 Å². The third-order valence-corrected chi connectivity index (χ3v) is 3.45. The van der Waals surface area contributed by atoms with Gasteiger partial charge in [-0.05, 0) is 38.0 Å². The largest absolute Gasteiger partial charge is 0.370 e. The van der Waals surface area contributed by atoms with Crippen molar-refractivity contribution in [2.45, 2.75) is 33.6 Å². The number of hydrogen-bond donors (Lipinski definition) is 1. The van der Waals surface area contributed by atoms with Crippen LogP contribution in [0, 0.1) is 12.7 Å². The molecule has 0 spiro atoms. The van der Waals surface area contributed by atoms with Gasteiger partial charge in [0.1, 0.15) is 11.6 Å². The summed E-state index contributed by atoms with van der Waals surface area (Å²) in [6, 6.07) is 4.35. The topological polar surface area (TPSA) is 37.8 Å². The Bertz CT molecular complexity index is 623. The molecule has 1 aromatic carbocycles. The molecule has 0 aliphatic rings. The van der Waals surface area contributed by atoms with Gasteiger partial charge in [0.2, 0.25) is 0 Å². The van der Waals surface area contributed by atoms with Gasteiger partial charge in [-0.25, -0.2) is 14.4 Å². The van der Waals surface area contributed by atoms with Crippen LogP contribution >= 0.6 is 11.6 Å². The predicted octanol–water partition coefficient (Wildman–Crippen LogP) is 4.63. The first-order valence-corrected chi connectivity index (χ1v) is 7.50. The van der Waals surface area contributed by atoms with Gasteiger partial charge in [-0.2, -0.15) is 0 Å². The molecule has 0 unspecified atom stereocenters. The lowest BCUT2D eigenvalue weighted by atomic mass is 10.1. The van der Waals surface area contributed by atoms with Crippen molar-refractivity contribution < 1.29 is 4.39 Å². The van der Waals surface area contributed by atoms with Crippen molar-refractivity contribution >= 4 is 17.4 Å². The standard InChI is InChI=1S/C16H19ClFN3/c1-4-6-19-16-14(5-2)10(3)20-15(21-16)11-7-12(17)9-13(18)8-11/h7-9H,4-6H2,1-3H3,(H,19,20,21). The van der Waals surface area contributed by atoms with Crippen LogP contribution in [0.25, 0.3) is 11.4 Å². The zero-order valence-corrected chi connectivity index (χ0v) is 13.3. The molecule has 112 valence electrons. The number of halogens is 2. The number of anilines is 1. The molecule has 21 heavy (non-hydrogen) atoms. The molecule has 0 amide bonds. The lowest BCUT2D eigenvalue weighted by Gasteiger charge is -2.13. The molecule has 0 fully saturated rings. The van der Waals surface area contributed by atoms with E-state index in [9.17, 15) is 4.39 Å². The van der Waals surface area contributed by atoms with Crippen molar-refractivity contribution in [2.75, 3.05) is 11.9 Å². The van der Waals surface area contributed by atoms with E-state index in [1.165, 1.54) is 12.1 Å². The fourth-order valence-electron chi connectivity index (χ4n) is 2.22. The lowest BCUT2D eigenvalue weighted by molar-refractivity contribution is 0.628. The molecule has 2 aromatic rings. The Labute approximate surface area is 129 Å². The molecule has 0 radical (unpaired) electrons. The molecule has 0 saturated carbocycles. The van der Waals surface area contributed by atoms with Gasteiger partial charge < -0.3 is 5.32 Å². The van der Waals surface area contributed by atoms with Crippen molar-refractivity contribution in [2.24, 2.45) is 0 Å². The maximum atomic E-state index is 13.5. The zero-order chi connectivity index (χ0) is 15.4. The van der Waals surface area contributed by atoms with E-state index in [4.69, 9.17) is 11.6 Å². The maximum absolute atomic E-state index is 13.5. The Morgan fingerprint density at radius 2 is 1.95 bits per heavy atom. The summed E-state index contributed by atoms with van der Waals surface area (Å²) in [4.78, 5) is 9.04. The average Bonchev–Trinajstić information content (AvgIpc) is 2.43. The molecule has 0 bridgehead atoms. The Hall–Kier alpha value is -1.68. The Balaban J connectivity index is 2.51. The van der Waals surface area contributed by atoms with Crippen molar-refractivity contribution in [1.29, 1.82) is 0 Å². The van der Waals surface area contributed by atoms with Crippen molar-refractivity contribution in [1.82, 2.24) is 9.97 Å². The summed E-state index contributed by atoms with van der Waals surface area (Å²) in [6.45, 7) is 6.95. The van der Waals surface area contributed by atoms with Gasteiger partial charge in [0, 0.05) is 28.4 Å². The first-order valence-electron chi connectivity index (χ1n) is 7.13. The zero-order valence-electron chi connectivity index (χ0n) is 12.5. The third-order valence-electron chi connectivity index (χ3n) is 3.23. The van der Waals surface area contributed by atoms with Gasteiger partial charge in [-0.1, -0.05) is 25.4 Å². The number of benzene rings is 1. The van der Waals surface area contributed by atoms with E-state index >= 15 is 0 Å². The van der Waals surface area contributed by atoms with Crippen LogP contribution in [0.15, 0.2) is 18.2 Å². The highest BCUT2D eigenvalue weighted by atomic mass is 35.5. The molecule has 0 aliphatic carbocycles. The van der Waals surface area contributed by atoms with E-state index in [1.54, 1.807) is 6.07 Å². The Kier molecular flexibility index (Phi) is 5.12. The van der Waals surface area contributed by atoms with E-state index in [1.807, 2.05) is 6.92 Å². The molecule has 3 nitrogen and oxygen atoms in total. The van der Waals surface area contributed by atoms with Crippen LogP contribution in [0.2, 0.25) is 5.02 Å². The fraction of sp³-hybridized carbons (Fsp3) is 0.375. The predicted molar refractivity (Wildman–Crippen MR) is 85.3 cm³/mol. The summed E-state index contributed by atoms with van der Waals surface area (Å²) in [5.41, 5.74) is 2.58. The quantitative estimate of drug-likeness (QED) is 0.875. The van der Waals surface area contributed by atoms with E-state index in [0.29, 0.717) is 16.4 Å². The highest BCUT2D eigenvalue weighted by Gasteiger charge is 2.12. The SMILES string of the molecule is CCCNc1nc(-c2cc(F)cc(Cl)c2)nc(C)c1CC. The molecule has 1 heterocycles. The fourth-order valence-corrected chi connectivity index (χ4v) is 2.44. The molecule has 0 aliphatic heterocycles. The van der Waals surface area contributed by atoms with Crippen LogP contribution in [0.4, 0.5) is 10.2 Å². The van der Waals surface area contributed by atoms with Gasteiger partial charge in [-0.3, -0.25) is 0 Å². The van der Waals surface area contributed by atoms with Crippen LogP contribution in [0.1, 0.15) is 31.5 Å². The number of nitrogens with one attached hydrogen (secondary N) is 1. The number of hydrogen-bond acceptors (Lipinski definition) is 3. The summed E-state index contributed by atoms with van der Waals surface area (Å²) in [5, 5.41) is 3.66. The monoisotopic (exact) mass is 307 g/mol. The number of aryl methyl sites for hydroxylation is 1. The minimum Gasteiger partial charge on any atom is -0.370 e. The van der Waals surface area contributed by atoms with Gasteiger partial charge in [0.25, 0.3) is 0 Å².